The molecule has 0 bridgehead atoms. The monoisotopic (exact) mass is 295 g/mol. The van der Waals surface area contributed by atoms with Gasteiger partial charge in [0.05, 0.1) is 12.0 Å². The van der Waals surface area contributed by atoms with E-state index in [2.05, 4.69) is 23.7 Å². The smallest absolute Gasteiger partial charge is 0.134 e. The third-order valence-electron chi connectivity index (χ3n) is 3.03. The molecule has 19 heavy (non-hydrogen) atoms. The van der Waals surface area contributed by atoms with Crippen molar-refractivity contribution < 1.29 is 4.74 Å². The second-order valence-corrected chi connectivity index (χ2v) is 5.61. The highest BCUT2D eigenvalue weighted by Crippen LogP contribution is 2.33. The van der Waals surface area contributed by atoms with Gasteiger partial charge in [-0.3, -0.25) is 0 Å². The van der Waals surface area contributed by atoms with Crippen molar-refractivity contribution in [2.75, 3.05) is 13.7 Å². The Labute approximate surface area is 123 Å². The molecule has 0 spiro atoms. The first-order chi connectivity index (χ1) is 9.26. The molecule has 4 heteroatoms. The van der Waals surface area contributed by atoms with Crippen molar-refractivity contribution in [1.82, 2.24) is 5.32 Å². The number of hydrogen-bond donors (Lipinski definition) is 1. The molecule has 2 aromatic rings. The number of nitrogens with one attached hydrogen (secondary N) is 1. The molecule has 0 amide bonds. The maximum atomic E-state index is 6.25. The molecule has 0 saturated heterocycles. The molecule has 0 radical (unpaired) electrons. The molecule has 0 aliphatic carbocycles. The summed E-state index contributed by atoms with van der Waals surface area (Å²) in [5, 5.41) is 6.39. The summed E-state index contributed by atoms with van der Waals surface area (Å²) >= 11 is 7.96. The Kier molecular flexibility index (Phi) is 5.25. The molecule has 0 saturated carbocycles. The van der Waals surface area contributed by atoms with Crippen molar-refractivity contribution in [3.63, 3.8) is 0 Å². The molecule has 1 unspecified atom stereocenters. The third kappa shape index (κ3) is 3.50. The van der Waals surface area contributed by atoms with Crippen LogP contribution in [-0.2, 0) is 6.42 Å². The highest BCUT2D eigenvalue weighted by molar-refractivity contribution is 7.10. The quantitative estimate of drug-likeness (QED) is 0.858. The third-order valence-corrected chi connectivity index (χ3v) is 4.41. The normalized spacial score (nSPS) is 12.4. The van der Waals surface area contributed by atoms with Gasteiger partial charge < -0.3 is 10.1 Å². The lowest BCUT2D eigenvalue weighted by atomic mass is 10.0. The van der Waals surface area contributed by atoms with Crippen molar-refractivity contribution in [2.24, 2.45) is 0 Å². The number of likely N-dealkylation sites (N-methyl/N-ethyl adjacent to an activating group) is 1. The number of halogens is 1. The Morgan fingerprint density at radius 3 is 2.79 bits per heavy atom. The minimum absolute atomic E-state index is 0.236. The molecule has 1 heterocycles. The molecule has 0 fully saturated rings. The van der Waals surface area contributed by atoms with Crippen LogP contribution in [0.1, 0.15) is 23.4 Å². The zero-order valence-corrected chi connectivity index (χ0v) is 12.7. The van der Waals surface area contributed by atoms with E-state index in [0.29, 0.717) is 0 Å². The minimum atomic E-state index is 0.236. The molecular weight excluding hydrogens is 278 g/mol. The van der Waals surface area contributed by atoms with Crippen LogP contribution < -0.4 is 10.1 Å². The highest BCUT2D eigenvalue weighted by atomic mass is 35.5. The van der Waals surface area contributed by atoms with Crippen molar-refractivity contribution in [3.8, 4) is 5.75 Å². The Morgan fingerprint density at radius 1 is 1.32 bits per heavy atom. The summed E-state index contributed by atoms with van der Waals surface area (Å²) in [4.78, 5) is 1.23. The highest BCUT2D eigenvalue weighted by Gasteiger charge is 2.18. The van der Waals surface area contributed by atoms with Gasteiger partial charge in [0.25, 0.3) is 0 Å². The van der Waals surface area contributed by atoms with Crippen molar-refractivity contribution >= 4 is 22.9 Å². The van der Waals surface area contributed by atoms with Crippen molar-refractivity contribution in [1.29, 1.82) is 0 Å². The number of hydrogen-bond acceptors (Lipinski definition) is 3. The Balaban J connectivity index is 2.24. The average molecular weight is 296 g/mol. The zero-order valence-electron chi connectivity index (χ0n) is 11.2. The van der Waals surface area contributed by atoms with Crippen molar-refractivity contribution in [2.45, 2.75) is 19.4 Å². The van der Waals surface area contributed by atoms with E-state index in [4.69, 9.17) is 16.3 Å². The fraction of sp³-hybridized carbons (Fsp3) is 0.333. The van der Waals surface area contributed by atoms with Crippen LogP contribution in [0.15, 0.2) is 35.7 Å². The first-order valence-electron chi connectivity index (χ1n) is 6.34. The van der Waals surface area contributed by atoms with Crippen LogP contribution in [-0.4, -0.2) is 13.7 Å². The average Bonchev–Trinajstić information content (AvgIpc) is 2.89. The van der Waals surface area contributed by atoms with Crippen LogP contribution in [0.2, 0.25) is 5.02 Å². The molecule has 1 aromatic heterocycles. The SMILES string of the molecule is CCNC(Cc1ccccc1Cl)c1sccc1OC. The summed E-state index contributed by atoms with van der Waals surface area (Å²) in [5.74, 6) is 0.947. The summed E-state index contributed by atoms with van der Waals surface area (Å²) in [6, 6.07) is 10.2. The molecule has 1 aromatic carbocycles. The Bertz CT molecular complexity index is 526. The van der Waals surface area contributed by atoms with Crippen LogP contribution in [0, 0.1) is 0 Å². The summed E-state index contributed by atoms with van der Waals surface area (Å²) in [6.07, 6.45) is 0.865. The van der Waals surface area contributed by atoms with Crippen LogP contribution in [0.4, 0.5) is 0 Å². The second-order valence-electron chi connectivity index (χ2n) is 4.26. The number of thiophene rings is 1. The summed E-state index contributed by atoms with van der Waals surface area (Å²) in [7, 11) is 1.71. The fourth-order valence-electron chi connectivity index (χ4n) is 2.12. The summed E-state index contributed by atoms with van der Waals surface area (Å²) in [6.45, 7) is 3.02. The van der Waals surface area contributed by atoms with E-state index in [0.717, 1.165) is 29.3 Å². The van der Waals surface area contributed by atoms with E-state index in [1.807, 2.05) is 24.3 Å². The van der Waals surface area contributed by atoms with Crippen LogP contribution in [0.25, 0.3) is 0 Å². The number of methoxy groups -OCH3 is 1. The molecule has 0 aliphatic heterocycles. The molecule has 2 rings (SSSR count). The largest absolute Gasteiger partial charge is 0.496 e. The first kappa shape index (κ1) is 14.4. The zero-order chi connectivity index (χ0) is 13.7. The van der Waals surface area contributed by atoms with Crippen LogP contribution >= 0.6 is 22.9 Å². The molecule has 0 aliphatic rings. The predicted octanol–water partition coefficient (Wildman–Crippen LogP) is 4.30. The number of rotatable bonds is 6. The summed E-state index contributed by atoms with van der Waals surface area (Å²) in [5.41, 5.74) is 1.16. The summed E-state index contributed by atoms with van der Waals surface area (Å²) < 4.78 is 5.42. The van der Waals surface area contributed by atoms with E-state index in [-0.39, 0.29) is 6.04 Å². The lowest BCUT2D eigenvalue weighted by molar-refractivity contribution is 0.403. The van der Waals surface area contributed by atoms with E-state index >= 15 is 0 Å². The van der Waals surface area contributed by atoms with E-state index in [1.54, 1.807) is 18.4 Å². The molecule has 1 N–H and O–H groups in total. The standard InChI is InChI=1S/C15H18ClNOS/c1-3-17-13(15-14(18-2)8-9-19-15)10-11-6-4-5-7-12(11)16/h4-9,13,17H,3,10H2,1-2H3. The van der Waals surface area contributed by atoms with Gasteiger partial charge in [-0.15, -0.1) is 11.3 Å². The molecule has 2 nitrogen and oxygen atoms in total. The Hall–Kier alpha value is -1.03. The lowest BCUT2D eigenvalue weighted by Crippen LogP contribution is -2.22. The molecule has 102 valence electrons. The Morgan fingerprint density at radius 2 is 2.11 bits per heavy atom. The van der Waals surface area contributed by atoms with Gasteiger partial charge in [-0.1, -0.05) is 36.7 Å². The van der Waals surface area contributed by atoms with Crippen molar-refractivity contribution in [3.05, 3.63) is 51.2 Å². The molecular formula is C15H18ClNOS. The van der Waals surface area contributed by atoms with E-state index in [1.165, 1.54) is 4.88 Å². The van der Waals surface area contributed by atoms with Gasteiger partial charge in [0.15, 0.2) is 0 Å². The predicted molar refractivity (Wildman–Crippen MR) is 82.4 cm³/mol. The van der Waals surface area contributed by atoms with Gasteiger partial charge in [0.1, 0.15) is 5.75 Å². The number of benzene rings is 1. The van der Waals surface area contributed by atoms with Crippen LogP contribution in [0.5, 0.6) is 5.75 Å². The molecule has 1 atom stereocenters. The van der Waals surface area contributed by atoms with Gasteiger partial charge in [0, 0.05) is 11.1 Å². The topological polar surface area (TPSA) is 21.3 Å². The number of ether oxygens (including phenoxy) is 1. The van der Waals surface area contributed by atoms with Gasteiger partial charge in [-0.05, 0) is 36.0 Å². The maximum Gasteiger partial charge on any atom is 0.134 e. The van der Waals surface area contributed by atoms with E-state index < -0.39 is 0 Å². The maximum absolute atomic E-state index is 6.25. The van der Waals surface area contributed by atoms with E-state index in [9.17, 15) is 0 Å². The first-order valence-corrected chi connectivity index (χ1v) is 7.60. The van der Waals surface area contributed by atoms with Gasteiger partial charge in [-0.25, -0.2) is 0 Å². The van der Waals surface area contributed by atoms with Gasteiger partial charge in [0.2, 0.25) is 0 Å². The van der Waals surface area contributed by atoms with Gasteiger partial charge in [-0.2, -0.15) is 0 Å². The second kappa shape index (κ2) is 6.94. The lowest BCUT2D eigenvalue weighted by Gasteiger charge is -2.18. The van der Waals surface area contributed by atoms with Crippen LogP contribution in [0.3, 0.4) is 0 Å². The fourth-order valence-corrected chi connectivity index (χ4v) is 3.27. The van der Waals surface area contributed by atoms with Gasteiger partial charge >= 0.3 is 0 Å². The minimum Gasteiger partial charge on any atom is -0.496 e.